The van der Waals surface area contributed by atoms with Crippen molar-refractivity contribution in [2.45, 2.75) is 96.5 Å². The van der Waals surface area contributed by atoms with Gasteiger partial charge in [0.25, 0.3) is 0 Å². The number of aryl methyl sites for hydroxylation is 1. The van der Waals surface area contributed by atoms with E-state index < -0.39 is 5.97 Å². The van der Waals surface area contributed by atoms with Gasteiger partial charge in [0.15, 0.2) is 5.65 Å². The summed E-state index contributed by atoms with van der Waals surface area (Å²) in [7, 11) is 3.79. The Kier molecular flexibility index (Phi) is 13.1. The number of nitrogens with zero attached hydrogens (tertiary/aromatic N) is 5. The van der Waals surface area contributed by atoms with E-state index in [0.717, 1.165) is 70.7 Å². The minimum atomic E-state index is -0.980. The smallest absolute Gasteiger partial charge is 0.335 e. The van der Waals surface area contributed by atoms with Gasteiger partial charge in [0, 0.05) is 60.0 Å². The fourth-order valence-electron chi connectivity index (χ4n) is 6.84. The molecule has 282 valence electrons. The molecule has 12 heteroatoms. The number of allylic oxidation sites excluding steroid dienone is 4. The number of rotatable bonds is 17. The number of aromatic nitrogens is 5. The topological polar surface area (TPSA) is 136 Å². The summed E-state index contributed by atoms with van der Waals surface area (Å²) in [5.74, 6) is -0.171. The first-order chi connectivity index (χ1) is 25.3. The van der Waals surface area contributed by atoms with Gasteiger partial charge in [-0.15, -0.1) is 0 Å². The number of methoxy groups -OCH3 is 1. The average molecular weight is 740 g/mol. The lowest BCUT2D eigenvalue weighted by molar-refractivity contribution is 0.0696. The third-order valence-electron chi connectivity index (χ3n) is 9.43. The summed E-state index contributed by atoms with van der Waals surface area (Å²) in [6, 6.07) is 8.56. The number of carboxylic acids is 1. The standard InChI is InChI=1S/C41H53N7O4S/c1-10-25(2)19-29(42-22-30-23-43-36-32(17-18-51-9)37(41(5,6)7)48(8)38(36)44-30)24-52-34-21-33(35-26(3)13-11-14-27(35)4)45-40(46-34)47-53-31-16-12-15-28(20-31)39(49)50/h12-13,15-16,20-21,23,29,42H,2,10-11,14,17-19,22,24H2,1,3-9H3,(H,49,50)(H,45,46,47). The van der Waals surface area contributed by atoms with Crippen molar-refractivity contribution in [3.05, 3.63) is 94.1 Å². The van der Waals surface area contributed by atoms with Crippen LogP contribution in [0.4, 0.5) is 5.95 Å². The van der Waals surface area contributed by atoms with Gasteiger partial charge in [-0.2, -0.15) is 4.98 Å². The molecule has 0 bridgehead atoms. The van der Waals surface area contributed by atoms with Crippen molar-refractivity contribution in [3.63, 3.8) is 0 Å². The zero-order chi connectivity index (χ0) is 38.3. The fourth-order valence-corrected chi connectivity index (χ4v) is 7.47. The second-order valence-corrected chi connectivity index (χ2v) is 15.5. The SMILES string of the molecule is C=C(CC)CC(COc1cc(C2=C(C)CCC=C2C)nc(NSc2cccc(C(=O)O)c2)n1)NCc1cnc2c(CCOC)c(C(C)(C)C)n(C)c2n1. The molecule has 53 heavy (non-hydrogen) atoms. The van der Waals surface area contributed by atoms with Crippen LogP contribution in [0.3, 0.4) is 0 Å². The number of hydrogen-bond acceptors (Lipinski definition) is 10. The molecule has 3 heterocycles. The van der Waals surface area contributed by atoms with Gasteiger partial charge in [-0.05, 0) is 81.7 Å². The highest BCUT2D eigenvalue weighted by Crippen LogP contribution is 2.35. The molecular weight excluding hydrogens is 687 g/mol. The monoisotopic (exact) mass is 739 g/mol. The first-order valence-electron chi connectivity index (χ1n) is 18.2. The van der Waals surface area contributed by atoms with Gasteiger partial charge in [-0.3, -0.25) is 9.71 Å². The largest absolute Gasteiger partial charge is 0.478 e. The van der Waals surface area contributed by atoms with Crippen molar-refractivity contribution < 1.29 is 19.4 Å². The van der Waals surface area contributed by atoms with Crippen LogP contribution < -0.4 is 14.8 Å². The second-order valence-electron chi connectivity index (χ2n) is 14.6. The van der Waals surface area contributed by atoms with E-state index in [2.05, 4.69) is 75.9 Å². The Balaban J connectivity index is 1.38. The number of fused-ring (bicyclic) bond motifs is 1. The number of benzene rings is 1. The Bertz CT molecular complexity index is 2030. The molecule has 0 fully saturated rings. The molecule has 3 aromatic heterocycles. The Hall–Kier alpha value is -4.52. The van der Waals surface area contributed by atoms with Gasteiger partial charge < -0.3 is 24.5 Å². The van der Waals surface area contributed by atoms with Crippen LogP contribution in [0.1, 0.15) is 100 Å². The molecule has 1 aliphatic rings. The molecule has 0 saturated carbocycles. The molecule has 1 aromatic carbocycles. The first kappa shape index (κ1) is 39.7. The van der Waals surface area contributed by atoms with Gasteiger partial charge in [0.05, 0.1) is 29.8 Å². The molecule has 0 aliphatic heterocycles. The third-order valence-corrected chi connectivity index (χ3v) is 10.2. The van der Waals surface area contributed by atoms with E-state index in [1.54, 1.807) is 25.3 Å². The van der Waals surface area contributed by atoms with E-state index in [4.69, 9.17) is 29.4 Å². The van der Waals surface area contributed by atoms with Gasteiger partial charge >= 0.3 is 5.97 Å². The van der Waals surface area contributed by atoms with Gasteiger partial charge in [0.1, 0.15) is 12.1 Å². The summed E-state index contributed by atoms with van der Waals surface area (Å²) in [5.41, 5.74) is 10.6. The van der Waals surface area contributed by atoms with Crippen LogP contribution in [-0.2, 0) is 30.2 Å². The minimum Gasteiger partial charge on any atom is -0.478 e. The van der Waals surface area contributed by atoms with Crippen LogP contribution in [0, 0.1) is 0 Å². The molecule has 0 radical (unpaired) electrons. The Morgan fingerprint density at radius 2 is 1.96 bits per heavy atom. The molecule has 1 unspecified atom stereocenters. The summed E-state index contributed by atoms with van der Waals surface area (Å²) >= 11 is 1.25. The molecular formula is C41H53N7O4S. The molecule has 1 aliphatic carbocycles. The number of aromatic carboxylic acids is 1. The highest BCUT2D eigenvalue weighted by atomic mass is 32.2. The third kappa shape index (κ3) is 9.92. The second kappa shape index (κ2) is 17.5. The highest BCUT2D eigenvalue weighted by Gasteiger charge is 2.27. The van der Waals surface area contributed by atoms with Crippen LogP contribution >= 0.6 is 11.9 Å². The predicted octanol–water partition coefficient (Wildman–Crippen LogP) is 8.47. The maximum absolute atomic E-state index is 11.5. The van der Waals surface area contributed by atoms with Crippen molar-refractivity contribution in [1.82, 2.24) is 29.8 Å². The lowest BCUT2D eigenvalue weighted by Gasteiger charge is -2.22. The minimum absolute atomic E-state index is 0.0732. The molecule has 11 nitrogen and oxygen atoms in total. The van der Waals surface area contributed by atoms with Crippen LogP contribution in [0.15, 0.2) is 70.8 Å². The molecule has 5 rings (SSSR count). The Morgan fingerprint density at radius 1 is 1.17 bits per heavy atom. The summed E-state index contributed by atoms with van der Waals surface area (Å²) < 4.78 is 17.3. The van der Waals surface area contributed by atoms with Crippen molar-refractivity contribution >= 4 is 40.6 Å². The van der Waals surface area contributed by atoms with Crippen molar-refractivity contribution in [3.8, 4) is 5.88 Å². The number of anilines is 1. The van der Waals surface area contributed by atoms with Crippen molar-refractivity contribution in [2.24, 2.45) is 7.05 Å². The molecule has 3 N–H and O–H groups in total. The summed E-state index contributed by atoms with van der Waals surface area (Å²) in [4.78, 5) is 31.9. The van der Waals surface area contributed by atoms with Gasteiger partial charge in [-0.25, -0.2) is 14.8 Å². The lowest BCUT2D eigenvalue weighted by Crippen LogP contribution is -2.35. The highest BCUT2D eigenvalue weighted by molar-refractivity contribution is 8.00. The van der Waals surface area contributed by atoms with E-state index in [9.17, 15) is 9.90 Å². The quantitative estimate of drug-likeness (QED) is 0.0711. The van der Waals surface area contributed by atoms with Gasteiger partial charge in [-0.1, -0.05) is 57.6 Å². The summed E-state index contributed by atoms with van der Waals surface area (Å²) in [6.07, 6.45) is 8.41. The fraction of sp³-hybridized carbons (Fsp3) is 0.439. The maximum atomic E-state index is 11.5. The Labute approximate surface area is 317 Å². The van der Waals surface area contributed by atoms with Crippen LogP contribution in [0.2, 0.25) is 0 Å². The summed E-state index contributed by atoms with van der Waals surface area (Å²) in [6.45, 7) is 18.8. The van der Waals surface area contributed by atoms with Crippen molar-refractivity contribution in [1.29, 1.82) is 0 Å². The van der Waals surface area contributed by atoms with E-state index in [-0.39, 0.29) is 17.0 Å². The number of ether oxygens (including phenoxy) is 2. The average Bonchev–Trinajstić information content (AvgIpc) is 3.41. The molecule has 4 aromatic rings. The first-order valence-corrected chi connectivity index (χ1v) is 19.0. The lowest BCUT2D eigenvalue weighted by atomic mass is 9.88. The Morgan fingerprint density at radius 3 is 2.66 bits per heavy atom. The van der Waals surface area contributed by atoms with Gasteiger partial charge in [0.2, 0.25) is 11.8 Å². The molecule has 1 atom stereocenters. The number of carbonyl (C=O) groups is 1. The van der Waals surface area contributed by atoms with Crippen LogP contribution in [0.5, 0.6) is 5.88 Å². The van der Waals surface area contributed by atoms with Crippen LogP contribution in [-0.4, -0.2) is 61.9 Å². The number of hydrogen-bond donors (Lipinski definition) is 3. The number of nitrogens with one attached hydrogen (secondary N) is 2. The maximum Gasteiger partial charge on any atom is 0.335 e. The van der Waals surface area contributed by atoms with E-state index in [1.165, 1.54) is 34.4 Å². The van der Waals surface area contributed by atoms with E-state index in [0.29, 0.717) is 31.6 Å². The van der Waals surface area contributed by atoms with Crippen molar-refractivity contribution in [2.75, 3.05) is 25.0 Å². The zero-order valence-corrected chi connectivity index (χ0v) is 33.1. The van der Waals surface area contributed by atoms with E-state index in [1.807, 2.05) is 18.3 Å². The van der Waals surface area contributed by atoms with E-state index >= 15 is 0 Å². The molecule has 0 amide bonds. The number of carboxylic acid groups (broad SMARTS) is 1. The molecule has 0 saturated heterocycles. The van der Waals surface area contributed by atoms with Crippen LogP contribution in [0.25, 0.3) is 16.7 Å². The molecule has 0 spiro atoms. The summed E-state index contributed by atoms with van der Waals surface area (Å²) in [5, 5.41) is 13.1. The predicted molar refractivity (Wildman–Crippen MR) is 213 cm³/mol. The zero-order valence-electron chi connectivity index (χ0n) is 32.3. The normalized spacial score (nSPS) is 14.0.